The molecule has 4 N–H and O–H groups in total. The van der Waals surface area contributed by atoms with E-state index in [2.05, 4.69) is 5.32 Å². The molecule has 4 heteroatoms. The van der Waals surface area contributed by atoms with E-state index in [1.165, 1.54) is 32.1 Å². The zero-order valence-electron chi connectivity index (χ0n) is 10.5. The first-order valence-electron chi connectivity index (χ1n) is 6.63. The maximum Gasteiger partial charge on any atom is 0.109 e. The minimum absolute atomic E-state index is 0.456. The molecule has 0 aliphatic heterocycles. The quantitative estimate of drug-likeness (QED) is 0.581. The highest BCUT2D eigenvalue weighted by molar-refractivity contribution is 6.33. The molecule has 1 fully saturated rings. The maximum absolute atomic E-state index is 10.0. The van der Waals surface area contributed by atoms with Gasteiger partial charge in [0.05, 0.1) is 10.7 Å². The van der Waals surface area contributed by atoms with Crippen molar-refractivity contribution in [3.05, 3.63) is 28.8 Å². The van der Waals surface area contributed by atoms with Crippen LogP contribution >= 0.6 is 11.6 Å². The molecule has 0 amide bonds. The van der Waals surface area contributed by atoms with E-state index >= 15 is 0 Å². The SMILES string of the molecule is Nc1ccc(CC(O)NC2CCCCC2)cc1Cl. The van der Waals surface area contributed by atoms with Gasteiger partial charge in [0.15, 0.2) is 0 Å². The first kappa shape index (κ1) is 13.7. The van der Waals surface area contributed by atoms with Crippen LogP contribution in [0.1, 0.15) is 37.7 Å². The number of rotatable bonds is 4. The molecule has 0 spiro atoms. The second-order valence-electron chi connectivity index (χ2n) is 5.08. The van der Waals surface area contributed by atoms with Crippen LogP contribution < -0.4 is 11.1 Å². The Kier molecular flexibility index (Phi) is 4.87. The Balaban J connectivity index is 1.85. The summed E-state index contributed by atoms with van der Waals surface area (Å²) in [6, 6.07) is 5.97. The third-order valence-electron chi connectivity index (χ3n) is 3.53. The fraction of sp³-hybridized carbons (Fsp3) is 0.571. The minimum atomic E-state index is -0.507. The van der Waals surface area contributed by atoms with Gasteiger partial charge in [-0.3, -0.25) is 5.32 Å². The van der Waals surface area contributed by atoms with Gasteiger partial charge in [-0.2, -0.15) is 0 Å². The van der Waals surface area contributed by atoms with Crippen molar-refractivity contribution in [1.29, 1.82) is 0 Å². The summed E-state index contributed by atoms with van der Waals surface area (Å²) in [5, 5.41) is 13.9. The van der Waals surface area contributed by atoms with Crippen LogP contribution in [-0.2, 0) is 6.42 Å². The van der Waals surface area contributed by atoms with Gasteiger partial charge in [0, 0.05) is 12.5 Å². The van der Waals surface area contributed by atoms with Gasteiger partial charge in [0.2, 0.25) is 0 Å². The number of nitrogens with two attached hydrogens (primary N) is 1. The second kappa shape index (κ2) is 6.41. The number of aliphatic hydroxyl groups is 1. The van der Waals surface area contributed by atoms with Gasteiger partial charge in [0.25, 0.3) is 0 Å². The van der Waals surface area contributed by atoms with E-state index < -0.39 is 6.23 Å². The molecule has 1 unspecified atom stereocenters. The highest BCUT2D eigenvalue weighted by atomic mass is 35.5. The molecule has 3 nitrogen and oxygen atoms in total. The Morgan fingerprint density at radius 1 is 1.33 bits per heavy atom. The van der Waals surface area contributed by atoms with Crippen molar-refractivity contribution in [2.45, 2.75) is 50.8 Å². The molecule has 1 aromatic rings. The van der Waals surface area contributed by atoms with Crippen molar-refractivity contribution < 1.29 is 5.11 Å². The molecule has 0 radical (unpaired) electrons. The Bertz CT molecular complexity index is 391. The molecule has 0 saturated heterocycles. The predicted octanol–water partition coefficient (Wildman–Crippen LogP) is 2.71. The number of nitrogen functional groups attached to an aromatic ring is 1. The lowest BCUT2D eigenvalue weighted by Gasteiger charge is -2.26. The number of anilines is 1. The molecule has 1 atom stereocenters. The first-order chi connectivity index (χ1) is 8.65. The molecule has 2 rings (SSSR count). The average Bonchev–Trinajstić information content (AvgIpc) is 2.35. The van der Waals surface area contributed by atoms with Gasteiger partial charge in [-0.15, -0.1) is 0 Å². The fourth-order valence-corrected chi connectivity index (χ4v) is 2.72. The van der Waals surface area contributed by atoms with E-state index in [-0.39, 0.29) is 0 Å². The minimum Gasteiger partial charge on any atom is -0.398 e. The van der Waals surface area contributed by atoms with Crippen molar-refractivity contribution in [2.75, 3.05) is 5.73 Å². The lowest BCUT2D eigenvalue weighted by molar-refractivity contribution is 0.113. The lowest BCUT2D eigenvalue weighted by atomic mass is 9.95. The van der Waals surface area contributed by atoms with Crippen LogP contribution in [0.4, 0.5) is 5.69 Å². The summed E-state index contributed by atoms with van der Waals surface area (Å²) < 4.78 is 0. The Hall–Kier alpha value is -0.770. The van der Waals surface area contributed by atoms with E-state index in [1.807, 2.05) is 12.1 Å². The lowest BCUT2D eigenvalue weighted by Crippen LogP contribution is -2.40. The van der Waals surface area contributed by atoms with Crippen LogP contribution in [-0.4, -0.2) is 17.4 Å². The summed E-state index contributed by atoms with van der Waals surface area (Å²) in [4.78, 5) is 0. The van der Waals surface area contributed by atoms with E-state index in [0.29, 0.717) is 23.2 Å². The zero-order chi connectivity index (χ0) is 13.0. The van der Waals surface area contributed by atoms with Gasteiger partial charge < -0.3 is 10.8 Å². The van der Waals surface area contributed by atoms with Gasteiger partial charge in [-0.25, -0.2) is 0 Å². The van der Waals surface area contributed by atoms with Crippen LogP contribution in [0.2, 0.25) is 5.02 Å². The summed E-state index contributed by atoms with van der Waals surface area (Å²) in [7, 11) is 0. The highest BCUT2D eigenvalue weighted by Gasteiger charge is 2.16. The molecule has 1 saturated carbocycles. The van der Waals surface area contributed by atoms with Crippen molar-refractivity contribution in [2.24, 2.45) is 0 Å². The molecule has 0 bridgehead atoms. The third-order valence-corrected chi connectivity index (χ3v) is 3.85. The monoisotopic (exact) mass is 268 g/mol. The summed E-state index contributed by atoms with van der Waals surface area (Å²) in [6.07, 6.45) is 6.24. The number of aliphatic hydroxyl groups excluding tert-OH is 1. The normalized spacial score (nSPS) is 18.8. The number of halogens is 1. The summed E-state index contributed by atoms with van der Waals surface area (Å²) in [5.41, 5.74) is 7.24. The van der Waals surface area contributed by atoms with Crippen LogP contribution in [0, 0.1) is 0 Å². The second-order valence-corrected chi connectivity index (χ2v) is 5.48. The van der Waals surface area contributed by atoms with Crippen LogP contribution in [0.3, 0.4) is 0 Å². The number of benzene rings is 1. The first-order valence-corrected chi connectivity index (χ1v) is 7.01. The number of nitrogens with one attached hydrogen (secondary N) is 1. The van der Waals surface area contributed by atoms with E-state index in [1.54, 1.807) is 6.07 Å². The molecular formula is C14H21ClN2O. The Morgan fingerprint density at radius 3 is 2.72 bits per heavy atom. The molecule has 1 aliphatic rings. The fourth-order valence-electron chi connectivity index (χ4n) is 2.52. The molecule has 0 aromatic heterocycles. The van der Waals surface area contributed by atoms with Crippen molar-refractivity contribution in [3.8, 4) is 0 Å². The predicted molar refractivity (Wildman–Crippen MR) is 75.6 cm³/mol. The van der Waals surface area contributed by atoms with Gasteiger partial charge in [-0.05, 0) is 30.5 Å². The Labute approximate surface area is 113 Å². The van der Waals surface area contributed by atoms with Crippen LogP contribution in [0.15, 0.2) is 18.2 Å². The molecule has 18 heavy (non-hydrogen) atoms. The van der Waals surface area contributed by atoms with Crippen LogP contribution in [0.25, 0.3) is 0 Å². The standard InChI is InChI=1S/C14H21ClN2O/c15-12-8-10(6-7-13(12)16)9-14(18)17-11-4-2-1-3-5-11/h6-8,11,14,17-18H,1-5,9,16H2. The molecule has 0 heterocycles. The topological polar surface area (TPSA) is 58.3 Å². The van der Waals surface area contributed by atoms with E-state index in [9.17, 15) is 5.11 Å². The highest BCUT2D eigenvalue weighted by Crippen LogP contribution is 2.21. The van der Waals surface area contributed by atoms with Crippen LogP contribution in [0.5, 0.6) is 0 Å². The summed E-state index contributed by atoms with van der Waals surface area (Å²) in [6.45, 7) is 0. The maximum atomic E-state index is 10.0. The number of hydrogen-bond acceptors (Lipinski definition) is 3. The van der Waals surface area contributed by atoms with E-state index in [0.717, 1.165) is 5.56 Å². The molecule has 1 aliphatic carbocycles. The van der Waals surface area contributed by atoms with Gasteiger partial charge in [0.1, 0.15) is 6.23 Å². The smallest absolute Gasteiger partial charge is 0.109 e. The van der Waals surface area contributed by atoms with Gasteiger partial charge >= 0.3 is 0 Å². The average molecular weight is 269 g/mol. The van der Waals surface area contributed by atoms with Crippen molar-refractivity contribution in [1.82, 2.24) is 5.32 Å². The largest absolute Gasteiger partial charge is 0.398 e. The third kappa shape index (κ3) is 3.87. The molecular weight excluding hydrogens is 248 g/mol. The van der Waals surface area contributed by atoms with Crippen molar-refractivity contribution >= 4 is 17.3 Å². The number of hydrogen-bond donors (Lipinski definition) is 3. The van der Waals surface area contributed by atoms with Gasteiger partial charge in [-0.1, -0.05) is 36.9 Å². The summed E-state index contributed by atoms with van der Waals surface area (Å²) >= 11 is 5.96. The summed E-state index contributed by atoms with van der Waals surface area (Å²) in [5.74, 6) is 0. The molecule has 1 aromatic carbocycles. The zero-order valence-corrected chi connectivity index (χ0v) is 11.3. The van der Waals surface area contributed by atoms with E-state index in [4.69, 9.17) is 17.3 Å². The van der Waals surface area contributed by atoms with Crippen molar-refractivity contribution in [3.63, 3.8) is 0 Å². The Morgan fingerprint density at radius 2 is 2.06 bits per heavy atom. The molecule has 100 valence electrons.